The van der Waals surface area contributed by atoms with Crippen LogP contribution in [0.4, 0.5) is 4.39 Å². The quantitative estimate of drug-likeness (QED) is 0.872. The summed E-state index contributed by atoms with van der Waals surface area (Å²) in [6.07, 6.45) is 0.878. The predicted octanol–water partition coefficient (Wildman–Crippen LogP) is 3.80. The molecular formula is C15H24FNS. The second-order valence-corrected chi connectivity index (χ2v) is 7.53. The van der Waals surface area contributed by atoms with E-state index in [9.17, 15) is 4.39 Å². The van der Waals surface area contributed by atoms with Gasteiger partial charge in [-0.1, -0.05) is 26.8 Å². The van der Waals surface area contributed by atoms with Crippen molar-refractivity contribution in [2.24, 2.45) is 0 Å². The molecule has 1 rings (SSSR count). The van der Waals surface area contributed by atoms with Gasteiger partial charge in [-0.2, -0.15) is 11.8 Å². The van der Waals surface area contributed by atoms with Crippen LogP contribution in [0.15, 0.2) is 18.2 Å². The van der Waals surface area contributed by atoms with Crippen LogP contribution >= 0.6 is 11.8 Å². The summed E-state index contributed by atoms with van der Waals surface area (Å²) in [6.45, 7) is 8.70. The van der Waals surface area contributed by atoms with Gasteiger partial charge in [-0.15, -0.1) is 0 Å². The van der Waals surface area contributed by atoms with E-state index < -0.39 is 0 Å². The molecule has 1 aromatic rings. The smallest absolute Gasteiger partial charge is 0.123 e. The van der Waals surface area contributed by atoms with Crippen LogP contribution in [0.5, 0.6) is 0 Å². The van der Waals surface area contributed by atoms with Gasteiger partial charge in [0.05, 0.1) is 0 Å². The highest BCUT2D eigenvalue weighted by molar-refractivity contribution is 8.00. The van der Waals surface area contributed by atoms with Gasteiger partial charge in [-0.3, -0.25) is 0 Å². The Morgan fingerprint density at radius 2 is 2.00 bits per heavy atom. The van der Waals surface area contributed by atoms with E-state index >= 15 is 0 Å². The van der Waals surface area contributed by atoms with Crippen molar-refractivity contribution in [3.8, 4) is 0 Å². The molecule has 0 heterocycles. The summed E-state index contributed by atoms with van der Waals surface area (Å²) in [5, 5.41) is 3.33. The second kappa shape index (κ2) is 6.58. The van der Waals surface area contributed by atoms with Gasteiger partial charge in [0.25, 0.3) is 0 Å². The first-order valence-corrected chi connectivity index (χ1v) is 7.36. The molecule has 1 nitrogen and oxygen atoms in total. The Kier molecular flexibility index (Phi) is 5.67. The summed E-state index contributed by atoms with van der Waals surface area (Å²) < 4.78 is 13.5. The van der Waals surface area contributed by atoms with Crippen LogP contribution < -0.4 is 5.32 Å². The Bertz CT molecular complexity index is 385. The highest BCUT2D eigenvalue weighted by Gasteiger charge is 2.15. The molecule has 0 aliphatic heterocycles. The van der Waals surface area contributed by atoms with Crippen LogP contribution in [0.1, 0.15) is 31.9 Å². The molecule has 3 heteroatoms. The van der Waals surface area contributed by atoms with Gasteiger partial charge in [0.1, 0.15) is 5.82 Å². The number of thioether (sulfide) groups is 1. The Balaban J connectivity index is 2.65. The molecule has 0 aliphatic rings. The molecule has 1 unspecified atom stereocenters. The Morgan fingerprint density at radius 1 is 1.33 bits per heavy atom. The topological polar surface area (TPSA) is 12.0 Å². The molecule has 102 valence electrons. The number of nitrogens with one attached hydrogen (secondary N) is 1. The van der Waals surface area contributed by atoms with Crippen molar-refractivity contribution in [1.29, 1.82) is 0 Å². The van der Waals surface area contributed by atoms with Crippen LogP contribution in [0.25, 0.3) is 0 Å². The lowest BCUT2D eigenvalue weighted by molar-refractivity contribution is 0.599. The number of halogens is 1. The maximum absolute atomic E-state index is 13.3. The average molecular weight is 269 g/mol. The summed E-state index contributed by atoms with van der Waals surface area (Å²) in [4.78, 5) is 0. The third-order valence-electron chi connectivity index (χ3n) is 2.90. The minimum Gasteiger partial charge on any atom is -0.316 e. The molecule has 0 aliphatic carbocycles. The first kappa shape index (κ1) is 15.5. The largest absolute Gasteiger partial charge is 0.316 e. The van der Waals surface area contributed by atoms with Gasteiger partial charge in [0.2, 0.25) is 0 Å². The van der Waals surface area contributed by atoms with Crippen molar-refractivity contribution in [2.45, 2.75) is 44.9 Å². The van der Waals surface area contributed by atoms with Crippen LogP contribution in [-0.4, -0.2) is 23.6 Å². The maximum Gasteiger partial charge on any atom is 0.123 e. The summed E-state index contributed by atoms with van der Waals surface area (Å²) in [7, 11) is 1.97. The molecule has 1 N–H and O–H groups in total. The maximum atomic E-state index is 13.3. The molecular weight excluding hydrogens is 245 g/mol. The van der Waals surface area contributed by atoms with E-state index in [2.05, 4.69) is 26.1 Å². The van der Waals surface area contributed by atoms with E-state index in [0.717, 1.165) is 23.3 Å². The van der Waals surface area contributed by atoms with Crippen LogP contribution in [0.3, 0.4) is 0 Å². The van der Waals surface area contributed by atoms with Gasteiger partial charge < -0.3 is 5.32 Å². The first-order chi connectivity index (χ1) is 8.31. The third kappa shape index (κ3) is 5.40. The zero-order valence-corrected chi connectivity index (χ0v) is 12.8. The Morgan fingerprint density at radius 3 is 2.56 bits per heavy atom. The summed E-state index contributed by atoms with van der Waals surface area (Å²) in [5.41, 5.74) is 2.27. The van der Waals surface area contributed by atoms with Crippen molar-refractivity contribution >= 4 is 11.8 Å². The summed E-state index contributed by atoms with van der Waals surface area (Å²) >= 11 is 1.94. The van der Waals surface area contributed by atoms with Gasteiger partial charge in [0, 0.05) is 16.5 Å². The summed E-state index contributed by atoms with van der Waals surface area (Å²) in [6, 6.07) is 5.42. The zero-order chi connectivity index (χ0) is 13.8. The Labute approximate surface area is 115 Å². The fourth-order valence-corrected chi connectivity index (χ4v) is 2.71. The van der Waals surface area contributed by atoms with Crippen LogP contribution in [0.2, 0.25) is 0 Å². The minimum atomic E-state index is -0.145. The normalized spacial score (nSPS) is 13.7. The van der Waals surface area contributed by atoms with E-state index in [4.69, 9.17) is 0 Å². The molecule has 1 aromatic carbocycles. The number of likely N-dealkylation sites (N-methyl/N-ethyl adjacent to an activating group) is 1. The van der Waals surface area contributed by atoms with Gasteiger partial charge in [-0.25, -0.2) is 4.39 Å². The van der Waals surface area contributed by atoms with Gasteiger partial charge >= 0.3 is 0 Å². The number of hydrogen-bond acceptors (Lipinski definition) is 2. The average Bonchev–Trinajstić information content (AvgIpc) is 2.27. The monoisotopic (exact) mass is 269 g/mol. The molecule has 0 saturated heterocycles. The predicted molar refractivity (Wildman–Crippen MR) is 79.9 cm³/mol. The number of benzene rings is 1. The molecule has 0 amide bonds. The highest BCUT2D eigenvalue weighted by Crippen LogP contribution is 2.24. The standard InChI is InChI=1S/C15H24FNS/c1-11-6-7-13(16)8-12(11)9-14(17-5)10-18-15(2,3)4/h6-8,14,17H,9-10H2,1-5H3. The molecule has 0 radical (unpaired) electrons. The third-order valence-corrected chi connectivity index (χ3v) is 4.34. The van der Waals surface area contributed by atoms with E-state index in [0.29, 0.717) is 6.04 Å². The van der Waals surface area contributed by atoms with E-state index in [1.807, 2.05) is 31.8 Å². The number of aryl methyl sites for hydroxylation is 1. The first-order valence-electron chi connectivity index (χ1n) is 6.38. The lowest BCUT2D eigenvalue weighted by Gasteiger charge is -2.23. The molecule has 0 spiro atoms. The number of rotatable bonds is 5. The fourth-order valence-electron chi connectivity index (χ4n) is 1.72. The van der Waals surface area contributed by atoms with E-state index in [-0.39, 0.29) is 10.6 Å². The molecule has 0 bridgehead atoms. The van der Waals surface area contributed by atoms with Crippen LogP contribution in [-0.2, 0) is 6.42 Å². The van der Waals surface area contributed by atoms with Gasteiger partial charge in [-0.05, 0) is 43.7 Å². The Hall–Kier alpha value is -0.540. The van der Waals surface area contributed by atoms with Crippen molar-refractivity contribution in [1.82, 2.24) is 5.32 Å². The molecule has 1 atom stereocenters. The second-order valence-electron chi connectivity index (χ2n) is 5.68. The van der Waals surface area contributed by atoms with Crippen molar-refractivity contribution in [2.75, 3.05) is 12.8 Å². The summed E-state index contributed by atoms with van der Waals surface area (Å²) in [5.74, 6) is 0.893. The fraction of sp³-hybridized carbons (Fsp3) is 0.600. The lowest BCUT2D eigenvalue weighted by atomic mass is 10.0. The molecule has 0 aromatic heterocycles. The highest BCUT2D eigenvalue weighted by atomic mass is 32.2. The van der Waals surface area contributed by atoms with Crippen molar-refractivity contribution in [3.63, 3.8) is 0 Å². The van der Waals surface area contributed by atoms with E-state index in [1.54, 1.807) is 6.07 Å². The zero-order valence-electron chi connectivity index (χ0n) is 12.0. The van der Waals surface area contributed by atoms with Gasteiger partial charge in [0.15, 0.2) is 0 Å². The van der Waals surface area contributed by atoms with Crippen molar-refractivity contribution in [3.05, 3.63) is 35.1 Å². The van der Waals surface area contributed by atoms with E-state index in [1.165, 1.54) is 6.07 Å². The molecule has 0 saturated carbocycles. The van der Waals surface area contributed by atoms with Crippen LogP contribution in [0, 0.1) is 12.7 Å². The minimum absolute atomic E-state index is 0.145. The molecule has 0 fully saturated rings. The SMILES string of the molecule is CNC(CSC(C)(C)C)Cc1cc(F)ccc1C. The molecule has 18 heavy (non-hydrogen) atoms. The lowest BCUT2D eigenvalue weighted by Crippen LogP contribution is -2.32. The van der Waals surface area contributed by atoms with Crippen molar-refractivity contribution < 1.29 is 4.39 Å². The number of hydrogen-bond donors (Lipinski definition) is 1.